The average molecular weight is 464 g/mol. The molecule has 3 aromatic rings. The molecule has 0 aliphatic heterocycles. The number of amides is 1. The van der Waals surface area contributed by atoms with Crippen LogP contribution in [-0.4, -0.2) is 16.7 Å². The maximum Gasteiger partial charge on any atom is 0.226 e. The second-order valence-corrected chi connectivity index (χ2v) is 8.46. The van der Waals surface area contributed by atoms with Crippen LogP contribution in [-0.2, 0) is 4.79 Å². The van der Waals surface area contributed by atoms with Gasteiger partial charge in [0.1, 0.15) is 0 Å². The number of ketones is 1. The van der Waals surface area contributed by atoms with Crippen LogP contribution in [0.2, 0.25) is 5.02 Å². The number of hydrogen-bond acceptors (Lipinski definition) is 4. The molecule has 3 rings (SSSR count). The molecule has 0 bridgehead atoms. The van der Waals surface area contributed by atoms with E-state index in [2.05, 4.69) is 26.2 Å². The summed E-state index contributed by atoms with van der Waals surface area (Å²) in [5, 5.41) is 3.97. The highest BCUT2D eigenvalue weighted by Crippen LogP contribution is 2.31. The van der Waals surface area contributed by atoms with Crippen molar-refractivity contribution in [1.82, 2.24) is 4.98 Å². The van der Waals surface area contributed by atoms with Crippen molar-refractivity contribution in [3.8, 4) is 11.3 Å². The first-order chi connectivity index (χ1) is 12.9. The number of nitrogens with one attached hydrogen (secondary N) is 1. The zero-order chi connectivity index (χ0) is 19.4. The zero-order valence-corrected chi connectivity index (χ0v) is 17.6. The predicted octanol–water partition coefficient (Wildman–Crippen LogP) is 6.14. The third-order valence-electron chi connectivity index (χ3n) is 3.91. The highest BCUT2D eigenvalue weighted by Gasteiger charge is 2.14. The van der Waals surface area contributed by atoms with Crippen LogP contribution in [0.5, 0.6) is 0 Å². The van der Waals surface area contributed by atoms with Crippen LogP contribution in [0.25, 0.3) is 11.3 Å². The first-order valence-corrected chi connectivity index (χ1v) is 10.2. The molecule has 0 unspecified atom stereocenters. The largest absolute Gasteiger partial charge is 0.302 e. The van der Waals surface area contributed by atoms with Crippen LogP contribution < -0.4 is 5.32 Å². The Balaban J connectivity index is 1.59. The summed E-state index contributed by atoms with van der Waals surface area (Å²) in [4.78, 5) is 29.8. The molecule has 1 N–H and O–H groups in total. The number of anilines is 1. The van der Waals surface area contributed by atoms with E-state index in [9.17, 15) is 9.59 Å². The Bertz CT molecular complexity index is 969. The lowest BCUT2D eigenvalue weighted by Gasteiger charge is -2.02. The minimum Gasteiger partial charge on any atom is -0.302 e. The number of nitrogens with zero attached hydrogens (tertiary/aromatic N) is 1. The Hall–Kier alpha value is -2.02. The van der Waals surface area contributed by atoms with Gasteiger partial charge in [-0.05, 0) is 31.2 Å². The summed E-state index contributed by atoms with van der Waals surface area (Å²) in [6, 6.07) is 14.5. The molecule has 0 saturated carbocycles. The molecule has 0 atom stereocenters. The minimum atomic E-state index is -0.225. The van der Waals surface area contributed by atoms with E-state index in [1.165, 1.54) is 11.3 Å². The molecule has 0 saturated heterocycles. The van der Waals surface area contributed by atoms with Gasteiger partial charge >= 0.3 is 0 Å². The summed E-state index contributed by atoms with van der Waals surface area (Å²) in [6.45, 7) is 1.95. The molecule has 27 heavy (non-hydrogen) atoms. The summed E-state index contributed by atoms with van der Waals surface area (Å²) in [7, 11) is 0. The molecule has 1 amide bonds. The third kappa shape index (κ3) is 5.25. The predicted molar refractivity (Wildman–Crippen MR) is 114 cm³/mol. The number of rotatable bonds is 6. The fraction of sp³-hybridized carbons (Fsp3) is 0.150. The van der Waals surface area contributed by atoms with E-state index in [0.29, 0.717) is 15.7 Å². The molecular weight excluding hydrogens is 448 g/mol. The Labute approximate surface area is 174 Å². The van der Waals surface area contributed by atoms with Crippen LogP contribution in [0.1, 0.15) is 28.1 Å². The first-order valence-electron chi connectivity index (χ1n) is 8.24. The maximum absolute atomic E-state index is 12.2. The monoisotopic (exact) mass is 462 g/mol. The van der Waals surface area contributed by atoms with Gasteiger partial charge in [0, 0.05) is 38.3 Å². The van der Waals surface area contributed by atoms with E-state index in [1.54, 1.807) is 12.1 Å². The lowest BCUT2D eigenvalue weighted by molar-refractivity contribution is -0.116. The Morgan fingerprint density at radius 1 is 1.07 bits per heavy atom. The molecule has 0 aliphatic rings. The standard InChI is InChI=1S/C20H16BrClN2O2S/c1-12-19(14-4-8-16(22)9-5-14)24-20(27-12)23-18(26)11-10-17(25)13-2-6-15(21)7-3-13/h2-9H,10-11H2,1H3,(H,23,24,26). The molecule has 0 aliphatic carbocycles. The van der Waals surface area contributed by atoms with Crippen molar-refractivity contribution in [2.75, 3.05) is 5.32 Å². The fourth-order valence-corrected chi connectivity index (χ4v) is 3.76. The maximum atomic E-state index is 12.2. The van der Waals surface area contributed by atoms with Crippen molar-refractivity contribution in [1.29, 1.82) is 0 Å². The number of carbonyl (C=O) groups is 2. The molecule has 138 valence electrons. The van der Waals surface area contributed by atoms with Crippen molar-refractivity contribution >= 4 is 55.7 Å². The molecule has 0 fully saturated rings. The van der Waals surface area contributed by atoms with E-state index in [1.807, 2.05) is 43.3 Å². The Morgan fingerprint density at radius 2 is 1.74 bits per heavy atom. The SMILES string of the molecule is Cc1sc(NC(=O)CCC(=O)c2ccc(Br)cc2)nc1-c1ccc(Cl)cc1. The number of thiazole rings is 1. The van der Waals surface area contributed by atoms with Crippen molar-refractivity contribution < 1.29 is 9.59 Å². The number of Topliss-reactive ketones (excluding diaryl/α,β-unsaturated/α-hetero) is 1. The van der Waals surface area contributed by atoms with E-state index in [4.69, 9.17) is 11.6 Å². The summed E-state index contributed by atoms with van der Waals surface area (Å²) in [6.07, 6.45) is 0.270. The second-order valence-electron chi connectivity index (χ2n) is 5.91. The van der Waals surface area contributed by atoms with Crippen molar-refractivity contribution in [2.45, 2.75) is 19.8 Å². The lowest BCUT2D eigenvalue weighted by atomic mass is 10.1. The Kier molecular flexibility index (Phi) is 6.42. The van der Waals surface area contributed by atoms with Crippen LogP contribution in [0.15, 0.2) is 53.0 Å². The number of carbonyl (C=O) groups excluding carboxylic acids is 2. The molecule has 2 aromatic carbocycles. The van der Waals surface area contributed by atoms with Gasteiger partial charge in [-0.15, -0.1) is 11.3 Å². The van der Waals surface area contributed by atoms with Gasteiger partial charge in [0.25, 0.3) is 0 Å². The topological polar surface area (TPSA) is 59.1 Å². The molecule has 7 heteroatoms. The second kappa shape index (κ2) is 8.78. The molecule has 1 aromatic heterocycles. The Morgan fingerprint density at radius 3 is 2.41 bits per heavy atom. The fourth-order valence-electron chi connectivity index (χ4n) is 2.51. The highest BCUT2D eigenvalue weighted by molar-refractivity contribution is 9.10. The van der Waals surface area contributed by atoms with Crippen molar-refractivity contribution in [3.63, 3.8) is 0 Å². The van der Waals surface area contributed by atoms with E-state index >= 15 is 0 Å². The van der Waals surface area contributed by atoms with Crippen LogP contribution in [0.3, 0.4) is 0 Å². The molecule has 0 spiro atoms. The van der Waals surface area contributed by atoms with Gasteiger partial charge in [0.2, 0.25) is 5.91 Å². The summed E-state index contributed by atoms with van der Waals surface area (Å²) < 4.78 is 0.910. The van der Waals surface area contributed by atoms with Gasteiger partial charge in [-0.25, -0.2) is 4.98 Å². The smallest absolute Gasteiger partial charge is 0.226 e. The molecule has 0 radical (unpaired) electrons. The van der Waals surface area contributed by atoms with Gasteiger partial charge in [0.05, 0.1) is 5.69 Å². The lowest BCUT2D eigenvalue weighted by Crippen LogP contribution is -2.13. The van der Waals surface area contributed by atoms with Crippen LogP contribution in [0.4, 0.5) is 5.13 Å². The summed E-state index contributed by atoms with van der Waals surface area (Å²) in [5.41, 5.74) is 2.36. The molecular formula is C20H16BrClN2O2S. The normalized spacial score (nSPS) is 10.6. The van der Waals surface area contributed by atoms with E-state index in [0.717, 1.165) is 20.6 Å². The number of benzene rings is 2. The van der Waals surface area contributed by atoms with Gasteiger partial charge < -0.3 is 5.32 Å². The first kappa shape index (κ1) is 19.7. The van der Waals surface area contributed by atoms with Crippen molar-refractivity contribution in [2.24, 2.45) is 0 Å². The minimum absolute atomic E-state index is 0.0603. The van der Waals surface area contributed by atoms with Gasteiger partial charge in [-0.2, -0.15) is 0 Å². The van der Waals surface area contributed by atoms with Crippen LogP contribution >= 0.6 is 38.9 Å². The van der Waals surface area contributed by atoms with Crippen LogP contribution in [0, 0.1) is 6.92 Å². The summed E-state index contributed by atoms with van der Waals surface area (Å²) >= 11 is 10.7. The number of aryl methyl sites for hydroxylation is 1. The molecule has 1 heterocycles. The number of halogens is 2. The number of aromatic nitrogens is 1. The third-order valence-corrected chi connectivity index (χ3v) is 5.57. The van der Waals surface area contributed by atoms with Gasteiger partial charge in [0.15, 0.2) is 10.9 Å². The average Bonchev–Trinajstić information content (AvgIpc) is 3.01. The quantitative estimate of drug-likeness (QED) is 0.447. The highest BCUT2D eigenvalue weighted by atomic mass is 79.9. The van der Waals surface area contributed by atoms with E-state index in [-0.39, 0.29) is 24.5 Å². The van der Waals surface area contributed by atoms with Gasteiger partial charge in [-0.1, -0.05) is 51.8 Å². The molecule has 4 nitrogen and oxygen atoms in total. The van der Waals surface area contributed by atoms with Gasteiger partial charge in [-0.3, -0.25) is 9.59 Å². The zero-order valence-electron chi connectivity index (χ0n) is 14.5. The van der Waals surface area contributed by atoms with Crippen molar-refractivity contribution in [3.05, 3.63) is 68.5 Å². The summed E-state index contributed by atoms with van der Waals surface area (Å²) in [5.74, 6) is -0.285. The van der Waals surface area contributed by atoms with E-state index < -0.39 is 0 Å². The number of hydrogen-bond donors (Lipinski definition) is 1.